The van der Waals surface area contributed by atoms with E-state index in [1.807, 2.05) is 0 Å². The van der Waals surface area contributed by atoms with Crippen LogP contribution in [0, 0.1) is 0 Å². The smallest absolute Gasteiger partial charge is 0.266 e. The lowest BCUT2D eigenvalue weighted by Gasteiger charge is -2.13. The highest BCUT2D eigenvalue weighted by Crippen LogP contribution is 2.28. The summed E-state index contributed by atoms with van der Waals surface area (Å²) in [5, 5.41) is 12.2. The molecular weight excluding hydrogens is 342 g/mol. The van der Waals surface area contributed by atoms with Crippen molar-refractivity contribution >= 4 is 45.7 Å². The molecular formula is C14H16ClN3O2S2. The van der Waals surface area contributed by atoms with Crippen molar-refractivity contribution in [3.05, 3.63) is 29.3 Å². The van der Waals surface area contributed by atoms with Crippen molar-refractivity contribution in [2.24, 2.45) is 0 Å². The number of thioether (sulfide) groups is 1. The summed E-state index contributed by atoms with van der Waals surface area (Å²) in [5.74, 6) is 0.313. The van der Waals surface area contributed by atoms with E-state index >= 15 is 0 Å². The van der Waals surface area contributed by atoms with Crippen LogP contribution in [0.3, 0.4) is 0 Å². The molecule has 118 valence electrons. The summed E-state index contributed by atoms with van der Waals surface area (Å²) in [6.45, 7) is 5.83. The highest BCUT2D eigenvalue weighted by atomic mass is 35.5. The van der Waals surface area contributed by atoms with Crippen LogP contribution >= 0.6 is 34.7 Å². The van der Waals surface area contributed by atoms with Gasteiger partial charge in [0.1, 0.15) is 5.75 Å². The monoisotopic (exact) mass is 357 g/mol. The second kappa shape index (κ2) is 7.80. The Hall–Kier alpha value is -1.31. The van der Waals surface area contributed by atoms with Crippen LogP contribution in [0.2, 0.25) is 5.02 Å². The van der Waals surface area contributed by atoms with Gasteiger partial charge in [-0.05, 0) is 31.2 Å². The third kappa shape index (κ3) is 5.15. The molecule has 8 heteroatoms. The lowest BCUT2D eigenvalue weighted by molar-refractivity contribution is -0.122. The van der Waals surface area contributed by atoms with E-state index in [4.69, 9.17) is 16.3 Å². The Morgan fingerprint density at radius 1 is 1.27 bits per heavy atom. The maximum absolute atomic E-state index is 12.1. The van der Waals surface area contributed by atoms with Crippen LogP contribution in [0.4, 0.5) is 5.13 Å². The Labute approximate surface area is 142 Å². The van der Waals surface area contributed by atoms with Crippen LogP contribution in [0.15, 0.2) is 28.6 Å². The fourth-order valence-electron chi connectivity index (χ4n) is 1.49. The van der Waals surface area contributed by atoms with Crippen molar-refractivity contribution in [3.8, 4) is 5.75 Å². The lowest BCUT2D eigenvalue weighted by Crippen LogP contribution is -2.30. The minimum Gasteiger partial charge on any atom is -0.481 e. The maximum Gasteiger partial charge on any atom is 0.266 e. The highest BCUT2D eigenvalue weighted by Gasteiger charge is 2.17. The summed E-state index contributed by atoms with van der Waals surface area (Å²) in [6, 6.07) is 6.85. The zero-order chi connectivity index (χ0) is 16.1. The molecule has 1 aromatic carbocycles. The fourth-order valence-corrected chi connectivity index (χ4v) is 3.59. The van der Waals surface area contributed by atoms with Gasteiger partial charge in [0.05, 0.1) is 0 Å². The molecule has 1 atom stereocenters. The van der Waals surface area contributed by atoms with Crippen LogP contribution in [-0.4, -0.2) is 27.5 Å². The molecule has 1 N–H and O–H groups in total. The highest BCUT2D eigenvalue weighted by molar-refractivity contribution is 8.01. The topological polar surface area (TPSA) is 64.1 Å². The number of ether oxygens (including phenoxy) is 1. The number of amides is 1. The zero-order valence-electron chi connectivity index (χ0n) is 12.4. The van der Waals surface area contributed by atoms with Gasteiger partial charge in [-0.2, -0.15) is 0 Å². The molecule has 0 aliphatic rings. The molecule has 2 aromatic rings. The number of halogens is 1. The average molecular weight is 358 g/mol. The van der Waals surface area contributed by atoms with Gasteiger partial charge in [-0.3, -0.25) is 10.1 Å². The molecule has 2 rings (SSSR count). The Bertz CT molecular complexity index is 631. The van der Waals surface area contributed by atoms with Gasteiger partial charge in [-0.1, -0.05) is 48.5 Å². The van der Waals surface area contributed by atoms with E-state index in [9.17, 15) is 4.79 Å². The van der Waals surface area contributed by atoms with Crippen molar-refractivity contribution in [1.29, 1.82) is 0 Å². The number of rotatable bonds is 6. The molecule has 0 aliphatic carbocycles. The van der Waals surface area contributed by atoms with E-state index in [0.29, 0.717) is 21.2 Å². The Balaban J connectivity index is 1.90. The molecule has 5 nitrogen and oxygen atoms in total. The minimum atomic E-state index is -0.647. The van der Waals surface area contributed by atoms with E-state index < -0.39 is 6.10 Å². The van der Waals surface area contributed by atoms with Crippen molar-refractivity contribution in [3.63, 3.8) is 0 Å². The second-order valence-electron chi connectivity index (χ2n) is 4.74. The number of carbonyl (C=O) groups is 1. The summed E-state index contributed by atoms with van der Waals surface area (Å²) >= 11 is 8.77. The van der Waals surface area contributed by atoms with Crippen molar-refractivity contribution in [2.75, 3.05) is 5.32 Å². The average Bonchev–Trinajstić information content (AvgIpc) is 2.87. The van der Waals surface area contributed by atoms with Gasteiger partial charge in [-0.25, -0.2) is 0 Å². The second-order valence-corrected chi connectivity index (χ2v) is 7.98. The first-order valence-electron chi connectivity index (χ1n) is 6.67. The van der Waals surface area contributed by atoms with Gasteiger partial charge in [0, 0.05) is 10.3 Å². The predicted molar refractivity (Wildman–Crippen MR) is 91.1 cm³/mol. The number of hydrogen-bond acceptors (Lipinski definition) is 6. The lowest BCUT2D eigenvalue weighted by atomic mass is 10.3. The summed E-state index contributed by atoms with van der Waals surface area (Å²) in [6.07, 6.45) is -0.647. The van der Waals surface area contributed by atoms with Gasteiger partial charge in [0.15, 0.2) is 10.4 Å². The minimum absolute atomic E-state index is 0.271. The van der Waals surface area contributed by atoms with Gasteiger partial charge in [0.25, 0.3) is 5.91 Å². The van der Waals surface area contributed by atoms with E-state index in [0.717, 1.165) is 4.34 Å². The Morgan fingerprint density at radius 3 is 2.59 bits per heavy atom. The molecule has 1 heterocycles. The number of nitrogens with zero attached hydrogens (tertiary/aromatic N) is 2. The van der Waals surface area contributed by atoms with Gasteiger partial charge in [-0.15, -0.1) is 10.2 Å². The number of hydrogen-bond donors (Lipinski definition) is 1. The zero-order valence-corrected chi connectivity index (χ0v) is 14.8. The van der Waals surface area contributed by atoms with E-state index in [-0.39, 0.29) is 5.91 Å². The molecule has 0 saturated carbocycles. The molecule has 1 amide bonds. The molecule has 1 aromatic heterocycles. The van der Waals surface area contributed by atoms with Crippen LogP contribution in [0.25, 0.3) is 0 Å². The van der Waals surface area contributed by atoms with E-state index in [2.05, 4.69) is 29.4 Å². The SMILES string of the molecule is CC(C)Sc1nnc(NC(=O)[C@H](C)Oc2ccc(Cl)cc2)s1. The summed E-state index contributed by atoms with van der Waals surface area (Å²) in [5.41, 5.74) is 0. The summed E-state index contributed by atoms with van der Waals surface area (Å²) in [7, 11) is 0. The first-order chi connectivity index (χ1) is 10.4. The van der Waals surface area contributed by atoms with E-state index in [1.54, 1.807) is 43.0 Å². The third-order valence-electron chi connectivity index (χ3n) is 2.47. The Kier molecular flexibility index (Phi) is 6.05. The number of aromatic nitrogens is 2. The first kappa shape index (κ1) is 17.1. The molecule has 0 spiro atoms. The fraction of sp³-hybridized carbons (Fsp3) is 0.357. The largest absolute Gasteiger partial charge is 0.481 e. The molecule has 0 saturated heterocycles. The van der Waals surface area contributed by atoms with Crippen molar-refractivity contribution in [1.82, 2.24) is 10.2 Å². The third-order valence-corrected chi connectivity index (χ3v) is 4.65. The Morgan fingerprint density at radius 2 is 1.95 bits per heavy atom. The molecule has 0 aliphatic heterocycles. The summed E-state index contributed by atoms with van der Waals surface area (Å²) in [4.78, 5) is 12.1. The van der Waals surface area contributed by atoms with Gasteiger partial charge >= 0.3 is 0 Å². The molecule has 0 radical (unpaired) electrons. The summed E-state index contributed by atoms with van der Waals surface area (Å²) < 4.78 is 6.39. The van der Waals surface area contributed by atoms with Crippen LogP contribution in [0.1, 0.15) is 20.8 Å². The normalized spacial score (nSPS) is 12.2. The quantitative estimate of drug-likeness (QED) is 0.623. The van der Waals surface area contributed by atoms with Crippen LogP contribution in [0.5, 0.6) is 5.75 Å². The molecule has 0 bridgehead atoms. The number of benzene rings is 1. The van der Waals surface area contributed by atoms with Gasteiger partial charge in [0.2, 0.25) is 5.13 Å². The molecule has 0 unspecified atom stereocenters. The van der Waals surface area contributed by atoms with E-state index in [1.165, 1.54) is 11.3 Å². The predicted octanol–water partition coefficient (Wildman–Crippen LogP) is 4.10. The van der Waals surface area contributed by atoms with Crippen LogP contribution in [-0.2, 0) is 4.79 Å². The van der Waals surface area contributed by atoms with Crippen LogP contribution < -0.4 is 10.1 Å². The molecule has 22 heavy (non-hydrogen) atoms. The number of anilines is 1. The van der Waals surface area contributed by atoms with Crippen molar-refractivity contribution in [2.45, 2.75) is 36.5 Å². The number of nitrogens with one attached hydrogen (secondary N) is 1. The number of carbonyl (C=O) groups excluding carboxylic acids is 1. The first-order valence-corrected chi connectivity index (χ1v) is 8.74. The van der Waals surface area contributed by atoms with Gasteiger partial charge < -0.3 is 4.74 Å². The maximum atomic E-state index is 12.1. The van der Waals surface area contributed by atoms with Crippen molar-refractivity contribution < 1.29 is 9.53 Å². The molecule has 0 fully saturated rings. The standard InChI is InChI=1S/C14H16ClN3O2S2/c1-8(2)21-14-18-17-13(22-14)16-12(19)9(3)20-11-6-4-10(15)5-7-11/h4-9H,1-3H3,(H,16,17,19)/t9-/m0/s1.